The minimum absolute atomic E-state index is 0.0281. The topological polar surface area (TPSA) is 55.6 Å². The molecule has 6 heteroatoms. The Morgan fingerprint density at radius 3 is 2.28 bits per heavy atom. The minimum atomic E-state index is -0.965. The Kier molecular flexibility index (Phi) is 4.61. The van der Waals surface area contributed by atoms with E-state index in [1.165, 1.54) is 25.9 Å². The van der Waals surface area contributed by atoms with Crippen molar-refractivity contribution in [3.8, 4) is 5.75 Å². The van der Waals surface area contributed by atoms with Crippen LogP contribution < -0.4 is 10.5 Å². The van der Waals surface area contributed by atoms with Gasteiger partial charge < -0.3 is 15.4 Å². The van der Waals surface area contributed by atoms with Gasteiger partial charge in [-0.25, -0.2) is 8.78 Å². The molecule has 0 heterocycles. The highest BCUT2D eigenvalue weighted by atomic mass is 19.1. The molecule has 0 aliphatic rings. The maximum atomic E-state index is 13.6. The summed E-state index contributed by atoms with van der Waals surface area (Å²) >= 11 is 0. The first-order valence-electron chi connectivity index (χ1n) is 5.42. The molecule has 0 spiro atoms. The van der Waals surface area contributed by atoms with Gasteiger partial charge in [-0.3, -0.25) is 4.79 Å². The Morgan fingerprint density at radius 1 is 1.39 bits per heavy atom. The lowest BCUT2D eigenvalue weighted by Crippen LogP contribution is -2.35. The third-order valence-electron chi connectivity index (χ3n) is 2.38. The Balaban J connectivity index is 2.95. The van der Waals surface area contributed by atoms with E-state index in [4.69, 9.17) is 10.5 Å². The molecule has 1 rings (SSSR count). The van der Waals surface area contributed by atoms with Gasteiger partial charge in [0.05, 0.1) is 0 Å². The number of amides is 1. The molecule has 0 aliphatic carbocycles. The van der Waals surface area contributed by atoms with Crippen molar-refractivity contribution < 1.29 is 18.3 Å². The number of nitrogens with two attached hydrogens (primary N) is 1. The van der Waals surface area contributed by atoms with Gasteiger partial charge in [0.1, 0.15) is 0 Å². The Morgan fingerprint density at radius 2 is 1.89 bits per heavy atom. The van der Waals surface area contributed by atoms with E-state index in [2.05, 4.69) is 0 Å². The molecule has 1 aromatic rings. The molecular weight excluding hydrogens is 242 g/mol. The number of rotatable bonds is 4. The molecule has 0 saturated heterocycles. The van der Waals surface area contributed by atoms with Crippen molar-refractivity contribution in [2.75, 3.05) is 14.1 Å². The molecule has 0 aromatic heterocycles. The summed E-state index contributed by atoms with van der Waals surface area (Å²) in [6.07, 6.45) is -0.965. The highest BCUT2D eigenvalue weighted by molar-refractivity contribution is 5.80. The number of carbonyl (C=O) groups excluding carboxylic acids is 1. The maximum Gasteiger partial charge on any atom is 0.262 e. The van der Waals surface area contributed by atoms with Crippen LogP contribution in [0.15, 0.2) is 12.1 Å². The van der Waals surface area contributed by atoms with Crippen LogP contribution in [0.25, 0.3) is 0 Å². The molecule has 1 aromatic carbocycles. The van der Waals surface area contributed by atoms with E-state index >= 15 is 0 Å². The number of ether oxygens (including phenoxy) is 1. The monoisotopic (exact) mass is 258 g/mol. The number of hydrogen-bond donors (Lipinski definition) is 1. The second-order valence-corrected chi connectivity index (χ2v) is 4.09. The van der Waals surface area contributed by atoms with Gasteiger partial charge in [-0.15, -0.1) is 0 Å². The first-order chi connectivity index (χ1) is 8.36. The van der Waals surface area contributed by atoms with E-state index in [-0.39, 0.29) is 12.5 Å². The third-order valence-corrected chi connectivity index (χ3v) is 2.38. The van der Waals surface area contributed by atoms with Crippen molar-refractivity contribution in [1.82, 2.24) is 4.90 Å². The Hall–Kier alpha value is -1.69. The average Bonchev–Trinajstić information content (AvgIpc) is 2.31. The van der Waals surface area contributed by atoms with Gasteiger partial charge >= 0.3 is 0 Å². The van der Waals surface area contributed by atoms with Crippen molar-refractivity contribution in [3.05, 3.63) is 29.3 Å². The summed E-state index contributed by atoms with van der Waals surface area (Å²) < 4.78 is 32.2. The van der Waals surface area contributed by atoms with Crippen LogP contribution in [-0.4, -0.2) is 31.0 Å². The predicted octanol–water partition coefficient (Wildman–Crippen LogP) is 1.28. The van der Waals surface area contributed by atoms with Crippen molar-refractivity contribution in [2.45, 2.75) is 19.6 Å². The molecular formula is C12H16F2N2O2. The van der Waals surface area contributed by atoms with Crippen LogP contribution in [0.1, 0.15) is 12.5 Å². The summed E-state index contributed by atoms with van der Waals surface area (Å²) in [4.78, 5) is 12.8. The lowest BCUT2D eigenvalue weighted by molar-refractivity contribution is -0.135. The molecule has 18 heavy (non-hydrogen) atoms. The quantitative estimate of drug-likeness (QED) is 0.885. The van der Waals surface area contributed by atoms with Crippen LogP contribution in [0.2, 0.25) is 0 Å². The SMILES string of the molecule is CC(Oc1c(F)cc(CN)cc1F)C(=O)N(C)C. The molecule has 100 valence electrons. The second kappa shape index (κ2) is 5.77. The fourth-order valence-corrected chi connectivity index (χ4v) is 1.43. The van der Waals surface area contributed by atoms with Gasteiger partial charge in [0.15, 0.2) is 23.5 Å². The van der Waals surface area contributed by atoms with Crippen LogP contribution in [-0.2, 0) is 11.3 Å². The van der Waals surface area contributed by atoms with E-state index in [0.29, 0.717) is 5.56 Å². The minimum Gasteiger partial charge on any atom is -0.475 e. The van der Waals surface area contributed by atoms with Gasteiger partial charge in [-0.05, 0) is 24.6 Å². The smallest absolute Gasteiger partial charge is 0.262 e. The van der Waals surface area contributed by atoms with Crippen LogP contribution in [0.3, 0.4) is 0 Å². The summed E-state index contributed by atoms with van der Waals surface area (Å²) in [7, 11) is 3.07. The lowest BCUT2D eigenvalue weighted by atomic mass is 10.2. The van der Waals surface area contributed by atoms with Crippen molar-refractivity contribution >= 4 is 5.91 Å². The standard InChI is InChI=1S/C12H16F2N2O2/c1-7(12(17)16(2)3)18-11-9(13)4-8(6-15)5-10(11)14/h4-5,7H,6,15H2,1-3H3. The van der Waals surface area contributed by atoms with Crippen LogP contribution in [0.4, 0.5) is 8.78 Å². The van der Waals surface area contributed by atoms with Crippen molar-refractivity contribution in [2.24, 2.45) is 5.73 Å². The molecule has 0 aliphatic heterocycles. The molecule has 0 radical (unpaired) electrons. The summed E-state index contributed by atoms with van der Waals surface area (Å²) in [6.45, 7) is 1.46. The average molecular weight is 258 g/mol. The zero-order valence-corrected chi connectivity index (χ0v) is 10.5. The van der Waals surface area contributed by atoms with Gasteiger partial charge in [-0.1, -0.05) is 0 Å². The molecule has 1 amide bonds. The van der Waals surface area contributed by atoms with E-state index in [1.807, 2.05) is 0 Å². The number of hydrogen-bond acceptors (Lipinski definition) is 3. The van der Waals surface area contributed by atoms with E-state index < -0.39 is 23.5 Å². The summed E-state index contributed by atoms with van der Waals surface area (Å²) in [5.41, 5.74) is 5.62. The first-order valence-corrected chi connectivity index (χ1v) is 5.42. The first kappa shape index (κ1) is 14.4. The number of halogens is 2. The fourth-order valence-electron chi connectivity index (χ4n) is 1.43. The van der Waals surface area contributed by atoms with Gasteiger partial charge in [0, 0.05) is 20.6 Å². The van der Waals surface area contributed by atoms with Crippen LogP contribution in [0.5, 0.6) is 5.75 Å². The molecule has 0 bridgehead atoms. The number of carbonyl (C=O) groups is 1. The number of likely N-dealkylation sites (N-methyl/N-ethyl adjacent to an activating group) is 1. The summed E-state index contributed by atoms with van der Waals surface area (Å²) in [6, 6.07) is 2.18. The van der Waals surface area contributed by atoms with Gasteiger partial charge in [0.2, 0.25) is 0 Å². The number of nitrogens with zero attached hydrogens (tertiary/aromatic N) is 1. The van der Waals surface area contributed by atoms with E-state index in [1.54, 1.807) is 0 Å². The van der Waals surface area contributed by atoms with Gasteiger partial charge in [0.25, 0.3) is 5.91 Å². The molecule has 2 N–H and O–H groups in total. The predicted molar refractivity (Wildman–Crippen MR) is 63.0 cm³/mol. The highest BCUT2D eigenvalue weighted by Crippen LogP contribution is 2.24. The second-order valence-electron chi connectivity index (χ2n) is 4.09. The van der Waals surface area contributed by atoms with E-state index in [9.17, 15) is 13.6 Å². The van der Waals surface area contributed by atoms with E-state index in [0.717, 1.165) is 12.1 Å². The highest BCUT2D eigenvalue weighted by Gasteiger charge is 2.21. The lowest BCUT2D eigenvalue weighted by Gasteiger charge is -2.19. The molecule has 1 unspecified atom stereocenters. The number of benzene rings is 1. The molecule has 0 fully saturated rings. The zero-order valence-electron chi connectivity index (χ0n) is 10.5. The molecule has 4 nitrogen and oxygen atoms in total. The third kappa shape index (κ3) is 3.16. The fraction of sp³-hybridized carbons (Fsp3) is 0.417. The van der Waals surface area contributed by atoms with Crippen LogP contribution >= 0.6 is 0 Å². The normalized spacial score (nSPS) is 12.1. The van der Waals surface area contributed by atoms with Crippen LogP contribution in [0, 0.1) is 11.6 Å². The molecule has 1 atom stereocenters. The summed E-state index contributed by atoms with van der Waals surface area (Å²) in [5.74, 6) is -2.67. The Labute approximate surface area is 104 Å². The Bertz CT molecular complexity index is 427. The van der Waals surface area contributed by atoms with Crippen molar-refractivity contribution in [3.63, 3.8) is 0 Å². The zero-order chi connectivity index (χ0) is 13.9. The summed E-state index contributed by atoms with van der Waals surface area (Å²) in [5, 5.41) is 0. The van der Waals surface area contributed by atoms with Crippen molar-refractivity contribution in [1.29, 1.82) is 0 Å². The molecule has 0 saturated carbocycles. The maximum absolute atomic E-state index is 13.6. The largest absolute Gasteiger partial charge is 0.475 e. The van der Waals surface area contributed by atoms with Gasteiger partial charge in [-0.2, -0.15) is 0 Å².